The molecule has 26 heavy (non-hydrogen) atoms. The number of carbonyl (C=O) groups excluding carboxylic acids is 2. The number of carbonyl (C=O) groups is 2. The maximum Gasteiger partial charge on any atom is 0.251 e. The zero-order valence-corrected chi connectivity index (χ0v) is 14.4. The molecule has 1 aromatic carbocycles. The first-order valence-corrected chi connectivity index (χ1v) is 8.71. The lowest BCUT2D eigenvalue weighted by atomic mass is 9.93. The van der Waals surface area contributed by atoms with Crippen LogP contribution in [-0.2, 0) is 4.79 Å². The highest BCUT2D eigenvalue weighted by atomic mass is 19.1. The van der Waals surface area contributed by atoms with E-state index >= 15 is 0 Å². The summed E-state index contributed by atoms with van der Waals surface area (Å²) in [6.45, 7) is 1.65. The van der Waals surface area contributed by atoms with Crippen LogP contribution in [0.3, 0.4) is 0 Å². The monoisotopic (exact) mass is 356 g/mol. The Morgan fingerprint density at radius 3 is 2.54 bits per heavy atom. The molecular weight excluding hydrogens is 335 g/mol. The van der Waals surface area contributed by atoms with Crippen molar-refractivity contribution in [3.05, 3.63) is 59.9 Å². The van der Waals surface area contributed by atoms with E-state index in [0.717, 1.165) is 18.5 Å². The van der Waals surface area contributed by atoms with E-state index in [1.165, 1.54) is 24.3 Å². The number of nitrogens with zero attached hydrogens (tertiary/aromatic N) is 3. The molecule has 0 saturated carbocycles. The highest BCUT2D eigenvalue weighted by Gasteiger charge is 2.24. The number of nitrogens with one attached hydrogen (secondary N) is 1. The number of hydrogen-bond acceptors (Lipinski definition) is 4. The summed E-state index contributed by atoms with van der Waals surface area (Å²) in [4.78, 5) is 34.3. The maximum absolute atomic E-state index is 12.9. The Morgan fingerprint density at radius 2 is 1.88 bits per heavy atom. The lowest BCUT2D eigenvalue weighted by Gasteiger charge is -2.31. The largest absolute Gasteiger partial charge is 0.352 e. The summed E-state index contributed by atoms with van der Waals surface area (Å²) in [6.07, 6.45) is 5.31. The maximum atomic E-state index is 12.9. The van der Waals surface area contributed by atoms with Crippen LogP contribution in [0.25, 0.3) is 0 Å². The number of hydrogen-bond donors (Lipinski definition) is 1. The molecule has 0 spiro atoms. The van der Waals surface area contributed by atoms with Crippen molar-refractivity contribution in [2.75, 3.05) is 19.6 Å². The highest BCUT2D eigenvalue weighted by molar-refractivity contribution is 5.94. The summed E-state index contributed by atoms with van der Waals surface area (Å²) in [7, 11) is 0. The lowest BCUT2D eigenvalue weighted by Crippen LogP contribution is -2.39. The van der Waals surface area contributed by atoms with Crippen molar-refractivity contribution in [2.45, 2.75) is 25.2 Å². The van der Waals surface area contributed by atoms with Crippen molar-refractivity contribution in [3.63, 3.8) is 0 Å². The van der Waals surface area contributed by atoms with Gasteiger partial charge < -0.3 is 10.2 Å². The van der Waals surface area contributed by atoms with Gasteiger partial charge in [-0.2, -0.15) is 0 Å². The van der Waals surface area contributed by atoms with E-state index in [9.17, 15) is 14.0 Å². The minimum atomic E-state index is -0.387. The molecular formula is C19H21FN4O2. The average molecular weight is 356 g/mol. The molecule has 1 N–H and O–H groups in total. The third-order valence-corrected chi connectivity index (χ3v) is 4.60. The first kappa shape index (κ1) is 18.0. The Bertz CT molecular complexity index is 744. The minimum absolute atomic E-state index is 0.0329. The van der Waals surface area contributed by atoms with Gasteiger partial charge in [0.05, 0.1) is 0 Å². The molecule has 2 amide bonds. The van der Waals surface area contributed by atoms with E-state index < -0.39 is 0 Å². The van der Waals surface area contributed by atoms with Gasteiger partial charge in [-0.25, -0.2) is 14.4 Å². The number of rotatable bonds is 5. The fourth-order valence-corrected chi connectivity index (χ4v) is 3.11. The predicted molar refractivity (Wildman–Crippen MR) is 93.9 cm³/mol. The van der Waals surface area contributed by atoms with Crippen LogP contribution in [0, 0.1) is 5.82 Å². The Hall–Kier alpha value is -2.83. The molecule has 7 heteroatoms. The first-order chi connectivity index (χ1) is 12.6. The number of piperidine rings is 1. The van der Waals surface area contributed by atoms with Crippen molar-refractivity contribution >= 4 is 11.8 Å². The van der Waals surface area contributed by atoms with Gasteiger partial charge in [-0.1, -0.05) is 0 Å². The third kappa shape index (κ3) is 4.62. The second-order valence-corrected chi connectivity index (χ2v) is 6.30. The van der Waals surface area contributed by atoms with Gasteiger partial charge in [0.1, 0.15) is 12.1 Å². The predicted octanol–water partition coefficient (Wildman–Crippen LogP) is 2.14. The summed E-state index contributed by atoms with van der Waals surface area (Å²) in [6, 6.07) is 7.24. The van der Waals surface area contributed by atoms with Crippen LogP contribution in [0.1, 0.15) is 41.2 Å². The number of amides is 2. The SMILES string of the molecule is O=C(NCCC(=O)N1CCC(c2ccncn2)CC1)c1ccc(F)cc1. The molecule has 1 saturated heterocycles. The molecule has 1 fully saturated rings. The van der Waals surface area contributed by atoms with Crippen molar-refractivity contribution in [1.82, 2.24) is 20.2 Å². The molecule has 2 heterocycles. The smallest absolute Gasteiger partial charge is 0.251 e. The summed E-state index contributed by atoms with van der Waals surface area (Å²) < 4.78 is 12.9. The average Bonchev–Trinajstić information content (AvgIpc) is 2.69. The van der Waals surface area contributed by atoms with Crippen LogP contribution in [-0.4, -0.2) is 46.3 Å². The van der Waals surface area contributed by atoms with Gasteiger partial charge in [-0.15, -0.1) is 0 Å². The second-order valence-electron chi connectivity index (χ2n) is 6.30. The normalized spacial score (nSPS) is 14.9. The molecule has 1 aliphatic rings. The fraction of sp³-hybridized carbons (Fsp3) is 0.368. The van der Waals surface area contributed by atoms with Crippen LogP contribution in [0.4, 0.5) is 4.39 Å². The summed E-state index contributed by atoms with van der Waals surface area (Å²) in [5, 5.41) is 2.70. The van der Waals surface area contributed by atoms with Gasteiger partial charge in [0.25, 0.3) is 5.91 Å². The van der Waals surface area contributed by atoms with Gasteiger partial charge in [0.15, 0.2) is 0 Å². The van der Waals surface area contributed by atoms with E-state index in [1.54, 1.807) is 12.5 Å². The molecule has 6 nitrogen and oxygen atoms in total. The molecule has 0 radical (unpaired) electrons. The van der Waals surface area contributed by atoms with Gasteiger partial charge in [-0.3, -0.25) is 9.59 Å². The number of likely N-dealkylation sites (tertiary alicyclic amines) is 1. The Morgan fingerprint density at radius 1 is 1.15 bits per heavy atom. The third-order valence-electron chi connectivity index (χ3n) is 4.60. The highest BCUT2D eigenvalue weighted by Crippen LogP contribution is 2.26. The Balaban J connectivity index is 1.40. The van der Waals surface area contributed by atoms with E-state index in [4.69, 9.17) is 0 Å². The number of halogens is 1. The van der Waals surface area contributed by atoms with Crippen LogP contribution < -0.4 is 5.32 Å². The van der Waals surface area contributed by atoms with Crippen molar-refractivity contribution < 1.29 is 14.0 Å². The summed E-state index contributed by atoms with van der Waals surface area (Å²) in [5.74, 6) is -0.298. The molecule has 1 aromatic heterocycles. The van der Waals surface area contributed by atoms with E-state index in [1.807, 2.05) is 11.0 Å². The quantitative estimate of drug-likeness (QED) is 0.891. The standard InChI is InChI=1S/C19H21FN4O2/c20-16-3-1-15(2-4-16)19(26)22-10-6-18(25)24-11-7-14(8-12-24)17-5-9-21-13-23-17/h1-5,9,13-14H,6-8,10-12H2,(H,22,26). The van der Waals surface area contributed by atoms with Gasteiger partial charge in [0.2, 0.25) is 5.91 Å². The van der Waals surface area contributed by atoms with Crippen molar-refractivity contribution in [2.24, 2.45) is 0 Å². The first-order valence-electron chi connectivity index (χ1n) is 8.71. The van der Waals surface area contributed by atoms with Gasteiger partial charge in [0, 0.05) is 49.4 Å². The molecule has 1 aliphatic heterocycles. The molecule has 0 unspecified atom stereocenters. The Labute approximate surface area is 151 Å². The zero-order valence-electron chi connectivity index (χ0n) is 14.4. The molecule has 2 aromatic rings. The minimum Gasteiger partial charge on any atom is -0.352 e. The van der Waals surface area contributed by atoms with E-state index in [-0.39, 0.29) is 30.6 Å². The van der Waals surface area contributed by atoms with Crippen molar-refractivity contribution in [3.8, 4) is 0 Å². The number of aromatic nitrogens is 2. The lowest BCUT2D eigenvalue weighted by molar-refractivity contribution is -0.132. The van der Waals surface area contributed by atoms with Crippen LogP contribution in [0.5, 0.6) is 0 Å². The second kappa shape index (κ2) is 8.51. The molecule has 0 aliphatic carbocycles. The number of benzene rings is 1. The summed E-state index contributed by atoms with van der Waals surface area (Å²) >= 11 is 0. The van der Waals surface area contributed by atoms with Gasteiger partial charge >= 0.3 is 0 Å². The molecule has 0 atom stereocenters. The van der Waals surface area contributed by atoms with E-state index in [0.29, 0.717) is 24.6 Å². The molecule has 3 rings (SSSR count). The Kier molecular flexibility index (Phi) is 5.88. The van der Waals surface area contributed by atoms with Crippen LogP contribution in [0.2, 0.25) is 0 Å². The fourth-order valence-electron chi connectivity index (χ4n) is 3.11. The van der Waals surface area contributed by atoms with Crippen LogP contribution in [0.15, 0.2) is 42.9 Å². The summed E-state index contributed by atoms with van der Waals surface area (Å²) in [5.41, 5.74) is 1.41. The van der Waals surface area contributed by atoms with Gasteiger partial charge in [-0.05, 0) is 43.2 Å². The molecule has 0 bridgehead atoms. The van der Waals surface area contributed by atoms with Crippen LogP contribution >= 0.6 is 0 Å². The molecule has 136 valence electrons. The van der Waals surface area contributed by atoms with Crippen molar-refractivity contribution in [1.29, 1.82) is 0 Å². The topological polar surface area (TPSA) is 75.2 Å². The van der Waals surface area contributed by atoms with E-state index in [2.05, 4.69) is 15.3 Å². The zero-order chi connectivity index (χ0) is 18.4.